The highest BCUT2D eigenvalue weighted by molar-refractivity contribution is 7.17. The Morgan fingerprint density at radius 2 is 1.88 bits per heavy atom. The summed E-state index contributed by atoms with van der Waals surface area (Å²) in [5, 5.41) is 3.36. The van der Waals surface area contributed by atoms with E-state index >= 15 is 0 Å². The molecule has 2 heterocycles. The summed E-state index contributed by atoms with van der Waals surface area (Å²) in [6.45, 7) is 0. The van der Waals surface area contributed by atoms with Gasteiger partial charge in [-0.2, -0.15) is 13.2 Å². The molecule has 0 saturated carbocycles. The zero-order valence-corrected chi connectivity index (χ0v) is 13.9. The zero-order chi connectivity index (χ0) is 18.0. The molecule has 0 fully saturated rings. The molecule has 0 saturated heterocycles. The summed E-state index contributed by atoms with van der Waals surface area (Å²) in [6, 6.07) is 10.3. The average Bonchev–Trinajstić information content (AvgIpc) is 3.04. The molecule has 0 radical (unpaired) electrons. The molecular formula is C16H9ClF3N3OS. The summed E-state index contributed by atoms with van der Waals surface area (Å²) in [6.07, 6.45) is -3.24. The average molecular weight is 384 g/mol. The van der Waals surface area contributed by atoms with Crippen LogP contribution in [-0.2, 0) is 6.18 Å². The van der Waals surface area contributed by atoms with E-state index in [0.717, 1.165) is 17.4 Å². The molecule has 25 heavy (non-hydrogen) atoms. The first-order valence-corrected chi connectivity index (χ1v) is 8.10. The van der Waals surface area contributed by atoms with Gasteiger partial charge in [0.15, 0.2) is 0 Å². The first kappa shape index (κ1) is 17.4. The number of halogens is 4. The van der Waals surface area contributed by atoms with Crippen LogP contribution in [-0.4, -0.2) is 15.9 Å². The van der Waals surface area contributed by atoms with Gasteiger partial charge in [0.25, 0.3) is 5.91 Å². The standard InChI is InChI=1S/C16H9ClF3N3OS/c17-10-5-2-1-4-9(10)15-21-8-11(25-15)14(24)23-13-7-3-6-12(22-13)16(18,19)20/h1-8H,(H,22,23,24). The molecule has 3 aromatic rings. The molecular weight excluding hydrogens is 375 g/mol. The van der Waals surface area contributed by atoms with E-state index < -0.39 is 17.8 Å². The van der Waals surface area contributed by atoms with Crippen molar-refractivity contribution < 1.29 is 18.0 Å². The highest BCUT2D eigenvalue weighted by Crippen LogP contribution is 2.31. The third-order valence-electron chi connectivity index (χ3n) is 3.11. The smallest absolute Gasteiger partial charge is 0.306 e. The van der Waals surface area contributed by atoms with Gasteiger partial charge < -0.3 is 5.32 Å². The summed E-state index contributed by atoms with van der Waals surface area (Å²) in [7, 11) is 0. The number of aromatic nitrogens is 2. The van der Waals surface area contributed by atoms with Gasteiger partial charge in [0.1, 0.15) is 21.4 Å². The van der Waals surface area contributed by atoms with E-state index in [-0.39, 0.29) is 10.7 Å². The fourth-order valence-electron chi connectivity index (χ4n) is 1.98. The first-order valence-electron chi connectivity index (χ1n) is 6.91. The summed E-state index contributed by atoms with van der Waals surface area (Å²) in [5.74, 6) is -0.782. The van der Waals surface area contributed by atoms with Gasteiger partial charge in [-0.3, -0.25) is 4.79 Å². The Morgan fingerprint density at radius 1 is 1.12 bits per heavy atom. The number of hydrogen-bond donors (Lipinski definition) is 1. The van der Waals surface area contributed by atoms with E-state index in [2.05, 4.69) is 15.3 Å². The Labute approximate surface area is 149 Å². The van der Waals surface area contributed by atoms with Crippen molar-refractivity contribution in [1.82, 2.24) is 9.97 Å². The highest BCUT2D eigenvalue weighted by Gasteiger charge is 2.32. The molecule has 1 amide bonds. The maximum Gasteiger partial charge on any atom is 0.433 e. The van der Waals surface area contributed by atoms with E-state index in [1.807, 2.05) is 0 Å². The number of benzene rings is 1. The third-order valence-corrected chi connectivity index (χ3v) is 4.47. The van der Waals surface area contributed by atoms with Crippen molar-refractivity contribution in [1.29, 1.82) is 0 Å². The van der Waals surface area contributed by atoms with E-state index in [9.17, 15) is 18.0 Å². The molecule has 1 N–H and O–H groups in total. The molecule has 1 aromatic carbocycles. The molecule has 9 heteroatoms. The number of thiazole rings is 1. The van der Waals surface area contributed by atoms with Crippen LogP contribution < -0.4 is 5.32 Å². The van der Waals surface area contributed by atoms with Crippen LogP contribution in [0.2, 0.25) is 5.02 Å². The van der Waals surface area contributed by atoms with Crippen molar-refractivity contribution >= 4 is 34.7 Å². The molecule has 0 bridgehead atoms. The maximum absolute atomic E-state index is 12.7. The SMILES string of the molecule is O=C(Nc1cccc(C(F)(F)F)n1)c1cnc(-c2ccccc2Cl)s1. The van der Waals surface area contributed by atoms with Crippen molar-refractivity contribution in [2.24, 2.45) is 0 Å². The Hall–Kier alpha value is -2.45. The number of amides is 1. The number of hydrogen-bond acceptors (Lipinski definition) is 4. The number of nitrogens with zero attached hydrogens (tertiary/aromatic N) is 2. The monoisotopic (exact) mass is 383 g/mol. The van der Waals surface area contributed by atoms with Crippen LogP contribution in [0.3, 0.4) is 0 Å². The van der Waals surface area contributed by atoms with Gasteiger partial charge in [-0.05, 0) is 18.2 Å². The van der Waals surface area contributed by atoms with E-state index in [4.69, 9.17) is 11.6 Å². The molecule has 0 aliphatic carbocycles. The second-order valence-corrected chi connectivity index (χ2v) is 6.31. The number of carbonyl (C=O) groups is 1. The number of nitrogens with one attached hydrogen (secondary N) is 1. The van der Waals surface area contributed by atoms with Gasteiger partial charge in [-0.1, -0.05) is 35.9 Å². The quantitative estimate of drug-likeness (QED) is 0.682. The van der Waals surface area contributed by atoms with Crippen molar-refractivity contribution in [3.05, 3.63) is 64.3 Å². The molecule has 3 rings (SSSR count). The van der Waals surface area contributed by atoms with E-state index in [1.165, 1.54) is 18.3 Å². The predicted molar refractivity (Wildman–Crippen MR) is 89.8 cm³/mol. The van der Waals surface area contributed by atoms with Crippen molar-refractivity contribution in [3.63, 3.8) is 0 Å². The second-order valence-electron chi connectivity index (χ2n) is 4.87. The van der Waals surface area contributed by atoms with Crippen LogP contribution in [0.15, 0.2) is 48.7 Å². The van der Waals surface area contributed by atoms with Gasteiger partial charge in [0, 0.05) is 5.56 Å². The maximum atomic E-state index is 12.7. The Morgan fingerprint density at radius 3 is 2.60 bits per heavy atom. The van der Waals surface area contributed by atoms with Gasteiger partial charge in [-0.15, -0.1) is 11.3 Å². The predicted octanol–water partition coefficient (Wildman–Crippen LogP) is 5.13. The number of pyridine rings is 1. The van der Waals surface area contributed by atoms with Crippen LogP contribution in [0, 0.1) is 0 Å². The van der Waals surface area contributed by atoms with Gasteiger partial charge in [0.2, 0.25) is 0 Å². The van der Waals surface area contributed by atoms with E-state index in [0.29, 0.717) is 15.6 Å². The second kappa shape index (κ2) is 6.81. The fraction of sp³-hybridized carbons (Fsp3) is 0.0625. The minimum absolute atomic E-state index is 0.187. The van der Waals surface area contributed by atoms with Crippen molar-refractivity contribution in [2.45, 2.75) is 6.18 Å². The molecule has 0 unspecified atom stereocenters. The van der Waals surface area contributed by atoms with Gasteiger partial charge in [0.05, 0.1) is 11.2 Å². The van der Waals surface area contributed by atoms with E-state index in [1.54, 1.807) is 24.3 Å². The number of rotatable bonds is 3. The summed E-state index contributed by atoms with van der Waals surface area (Å²) < 4.78 is 38.0. The summed E-state index contributed by atoms with van der Waals surface area (Å²) in [5.41, 5.74) is -0.406. The Balaban J connectivity index is 1.80. The lowest BCUT2D eigenvalue weighted by atomic mass is 10.2. The normalized spacial score (nSPS) is 11.4. The van der Waals surface area contributed by atoms with Gasteiger partial charge in [-0.25, -0.2) is 9.97 Å². The first-order chi connectivity index (χ1) is 11.8. The zero-order valence-electron chi connectivity index (χ0n) is 12.3. The number of carbonyl (C=O) groups excluding carboxylic acids is 1. The topological polar surface area (TPSA) is 54.9 Å². The minimum Gasteiger partial charge on any atom is -0.306 e. The molecule has 2 aromatic heterocycles. The molecule has 0 aliphatic heterocycles. The van der Waals surface area contributed by atoms with Crippen LogP contribution >= 0.6 is 22.9 Å². The van der Waals surface area contributed by atoms with Crippen LogP contribution in [0.4, 0.5) is 19.0 Å². The van der Waals surface area contributed by atoms with Crippen LogP contribution in [0.25, 0.3) is 10.6 Å². The molecule has 0 atom stereocenters. The lowest BCUT2D eigenvalue weighted by Gasteiger charge is -2.08. The number of anilines is 1. The molecule has 4 nitrogen and oxygen atoms in total. The van der Waals surface area contributed by atoms with Crippen LogP contribution in [0.5, 0.6) is 0 Å². The largest absolute Gasteiger partial charge is 0.433 e. The lowest BCUT2D eigenvalue weighted by molar-refractivity contribution is -0.141. The molecule has 0 aliphatic rings. The van der Waals surface area contributed by atoms with Crippen molar-refractivity contribution in [3.8, 4) is 10.6 Å². The highest BCUT2D eigenvalue weighted by atomic mass is 35.5. The lowest BCUT2D eigenvalue weighted by Crippen LogP contribution is -2.14. The van der Waals surface area contributed by atoms with Crippen molar-refractivity contribution in [2.75, 3.05) is 5.32 Å². The fourth-order valence-corrected chi connectivity index (χ4v) is 3.11. The minimum atomic E-state index is -4.58. The summed E-state index contributed by atoms with van der Waals surface area (Å²) >= 11 is 7.17. The Kier molecular flexibility index (Phi) is 4.73. The molecule has 128 valence electrons. The molecule has 0 spiro atoms. The number of alkyl halides is 3. The Bertz CT molecular complexity index is 927. The summed E-state index contributed by atoms with van der Waals surface area (Å²) in [4.78, 5) is 20.0. The van der Waals surface area contributed by atoms with Gasteiger partial charge >= 0.3 is 6.18 Å². The van der Waals surface area contributed by atoms with Crippen LogP contribution in [0.1, 0.15) is 15.4 Å². The third kappa shape index (κ3) is 3.97.